The topological polar surface area (TPSA) is 23.8 Å². The Kier molecular flexibility index (Phi) is 10.4. The fourth-order valence-electron chi connectivity index (χ4n) is 4.08. The van der Waals surface area contributed by atoms with Gasteiger partial charge in [-0.3, -0.25) is 0 Å². The van der Waals surface area contributed by atoms with Crippen LogP contribution in [0.25, 0.3) is 0 Å². The molecule has 0 saturated carbocycles. The van der Waals surface area contributed by atoms with Gasteiger partial charge in [0, 0.05) is 0 Å². The maximum Gasteiger partial charge on any atom is 0.0661 e. The minimum Gasteiger partial charge on any atom is -0.198 e. The van der Waals surface area contributed by atoms with Crippen LogP contribution in [0, 0.1) is 38.9 Å². The number of nitrogens with zero attached hydrogens (tertiary/aromatic N) is 1. The summed E-state index contributed by atoms with van der Waals surface area (Å²) >= 11 is 0. The first-order chi connectivity index (χ1) is 12.4. The molecule has 0 saturated heterocycles. The molecule has 0 radical (unpaired) electrons. The Morgan fingerprint density at radius 3 is 1.56 bits per heavy atom. The van der Waals surface area contributed by atoms with Crippen LogP contribution in [0.5, 0.6) is 0 Å². The summed E-state index contributed by atoms with van der Waals surface area (Å²) in [5.41, 5.74) is 0.924. The third kappa shape index (κ3) is 6.66. The number of nitriles is 1. The lowest BCUT2D eigenvalue weighted by atomic mass is 9.55. The SMILES string of the molecule is CCC(C)(CC)CC=CCC(C)(CC)C(C)(CC)CC(C#N)C(C)(C)CC. The van der Waals surface area contributed by atoms with E-state index in [-0.39, 0.29) is 22.2 Å². The van der Waals surface area contributed by atoms with Crippen molar-refractivity contribution in [2.75, 3.05) is 0 Å². The first kappa shape index (κ1) is 26.2. The summed E-state index contributed by atoms with van der Waals surface area (Å²) in [6.07, 6.45) is 14.0. The van der Waals surface area contributed by atoms with Gasteiger partial charge >= 0.3 is 0 Å². The molecule has 1 nitrogen and oxygen atoms in total. The summed E-state index contributed by atoms with van der Waals surface area (Å²) < 4.78 is 0. The highest BCUT2D eigenvalue weighted by molar-refractivity contribution is 5.03. The van der Waals surface area contributed by atoms with Crippen LogP contribution in [0.15, 0.2) is 12.2 Å². The zero-order valence-electron chi connectivity index (χ0n) is 20.3. The maximum atomic E-state index is 9.88. The highest BCUT2D eigenvalue weighted by Crippen LogP contribution is 2.53. The molecular weight excluding hydrogens is 326 g/mol. The molecule has 27 heavy (non-hydrogen) atoms. The number of rotatable bonds is 13. The average molecular weight is 376 g/mol. The molecule has 3 unspecified atom stereocenters. The molecule has 3 atom stereocenters. The molecule has 0 aliphatic heterocycles. The van der Waals surface area contributed by atoms with Gasteiger partial charge in [-0.15, -0.1) is 0 Å². The van der Waals surface area contributed by atoms with E-state index < -0.39 is 0 Å². The van der Waals surface area contributed by atoms with Crippen molar-refractivity contribution in [2.45, 2.75) is 121 Å². The van der Waals surface area contributed by atoms with Gasteiger partial charge in [0.1, 0.15) is 0 Å². The lowest BCUT2D eigenvalue weighted by Gasteiger charge is -2.48. The molecule has 0 spiro atoms. The minimum absolute atomic E-state index is 0.0831. The van der Waals surface area contributed by atoms with Gasteiger partial charge in [0.2, 0.25) is 0 Å². The molecule has 0 fully saturated rings. The van der Waals surface area contributed by atoms with Gasteiger partial charge in [-0.2, -0.15) is 5.26 Å². The summed E-state index contributed by atoms with van der Waals surface area (Å²) in [4.78, 5) is 0. The zero-order valence-corrected chi connectivity index (χ0v) is 20.3. The van der Waals surface area contributed by atoms with Crippen molar-refractivity contribution >= 4 is 0 Å². The van der Waals surface area contributed by atoms with Gasteiger partial charge in [-0.25, -0.2) is 0 Å². The minimum atomic E-state index is 0.0831. The summed E-state index contributed by atoms with van der Waals surface area (Å²) in [5.74, 6) is 0.116. The molecule has 158 valence electrons. The zero-order chi connectivity index (χ0) is 21.4. The predicted molar refractivity (Wildman–Crippen MR) is 122 cm³/mol. The van der Waals surface area contributed by atoms with Crippen LogP contribution in [-0.2, 0) is 0 Å². The fraction of sp³-hybridized carbons (Fsp3) is 0.885. The van der Waals surface area contributed by atoms with Crippen molar-refractivity contribution < 1.29 is 0 Å². The molecule has 0 aliphatic carbocycles. The van der Waals surface area contributed by atoms with Crippen LogP contribution in [-0.4, -0.2) is 0 Å². The van der Waals surface area contributed by atoms with E-state index in [1.807, 2.05) is 0 Å². The third-order valence-electron chi connectivity index (χ3n) is 8.74. The van der Waals surface area contributed by atoms with Gasteiger partial charge in [0.15, 0.2) is 0 Å². The molecule has 0 bridgehead atoms. The molecule has 0 aliphatic rings. The van der Waals surface area contributed by atoms with Crippen molar-refractivity contribution in [2.24, 2.45) is 27.6 Å². The van der Waals surface area contributed by atoms with Crippen molar-refractivity contribution in [3.05, 3.63) is 12.2 Å². The van der Waals surface area contributed by atoms with E-state index in [4.69, 9.17) is 0 Å². The standard InChI is InChI=1S/C26H49N/c1-11-23(6,7)22(21-27)20-26(10,15-5)25(9,14-4)19-17-16-18-24(8,12-2)13-3/h16-17,22H,11-15,18-20H2,1-10H3. The van der Waals surface area contributed by atoms with E-state index in [1.165, 1.54) is 19.3 Å². The van der Waals surface area contributed by atoms with Crippen molar-refractivity contribution in [3.8, 4) is 6.07 Å². The Balaban J connectivity index is 5.43. The number of hydrogen-bond acceptors (Lipinski definition) is 1. The molecular formula is C26H49N. The van der Waals surface area contributed by atoms with E-state index in [1.54, 1.807) is 0 Å². The van der Waals surface area contributed by atoms with Gasteiger partial charge < -0.3 is 0 Å². The monoisotopic (exact) mass is 375 g/mol. The molecule has 1 heteroatoms. The van der Waals surface area contributed by atoms with Gasteiger partial charge in [-0.1, -0.05) is 101 Å². The molecule has 0 amide bonds. The van der Waals surface area contributed by atoms with Crippen molar-refractivity contribution in [1.82, 2.24) is 0 Å². The van der Waals surface area contributed by atoms with Crippen LogP contribution >= 0.6 is 0 Å². The summed E-state index contributed by atoms with van der Waals surface area (Å²) in [5, 5.41) is 9.88. The quantitative estimate of drug-likeness (QED) is 0.295. The Hall–Kier alpha value is -0.770. The second kappa shape index (κ2) is 10.7. The Morgan fingerprint density at radius 2 is 1.19 bits per heavy atom. The molecule has 0 aromatic carbocycles. The van der Waals surface area contributed by atoms with Gasteiger partial charge in [-0.05, 0) is 53.8 Å². The van der Waals surface area contributed by atoms with Crippen LogP contribution < -0.4 is 0 Å². The Bertz CT molecular complexity index is 491. The second-order valence-electron chi connectivity index (χ2n) is 10.5. The maximum absolute atomic E-state index is 9.88. The summed E-state index contributed by atoms with van der Waals surface area (Å²) in [6, 6.07) is 2.66. The number of allylic oxidation sites excluding steroid dienone is 2. The highest BCUT2D eigenvalue weighted by atomic mass is 14.5. The second-order valence-corrected chi connectivity index (χ2v) is 10.5. The van der Waals surface area contributed by atoms with Crippen LogP contribution in [0.1, 0.15) is 121 Å². The first-order valence-corrected chi connectivity index (χ1v) is 11.5. The van der Waals surface area contributed by atoms with E-state index in [2.05, 4.69) is 87.5 Å². The van der Waals surface area contributed by atoms with Gasteiger partial charge in [0.25, 0.3) is 0 Å². The smallest absolute Gasteiger partial charge is 0.0661 e. The van der Waals surface area contributed by atoms with Crippen LogP contribution in [0.2, 0.25) is 0 Å². The predicted octanol–water partition coefficient (Wildman–Crippen LogP) is 8.95. The van der Waals surface area contributed by atoms with Crippen molar-refractivity contribution in [1.29, 1.82) is 5.26 Å². The summed E-state index contributed by atoms with van der Waals surface area (Å²) in [7, 11) is 0. The van der Waals surface area contributed by atoms with Crippen molar-refractivity contribution in [3.63, 3.8) is 0 Å². The van der Waals surface area contributed by atoms with Crippen LogP contribution in [0.4, 0.5) is 0 Å². The van der Waals surface area contributed by atoms with E-state index in [0.29, 0.717) is 5.41 Å². The van der Waals surface area contributed by atoms with Crippen LogP contribution in [0.3, 0.4) is 0 Å². The normalized spacial score (nSPS) is 18.7. The molecule has 0 aromatic heterocycles. The third-order valence-corrected chi connectivity index (χ3v) is 8.74. The van der Waals surface area contributed by atoms with E-state index in [9.17, 15) is 5.26 Å². The fourth-order valence-corrected chi connectivity index (χ4v) is 4.08. The van der Waals surface area contributed by atoms with E-state index >= 15 is 0 Å². The molecule has 0 heterocycles. The lowest BCUT2D eigenvalue weighted by Crippen LogP contribution is -2.40. The Labute approximate surface area is 172 Å². The van der Waals surface area contributed by atoms with Gasteiger partial charge in [0.05, 0.1) is 12.0 Å². The lowest BCUT2D eigenvalue weighted by molar-refractivity contribution is 0.0221. The average Bonchev–Trinajstić information content (AvgIpc) is 2.68. The Morgan fingerprint density at radius 1 is 0.704 bits per heavy atom. The first-order valence-electron chi connectivity index (χ1n) is 11.5. The highest BCUT2D eigenvalue weighted by Gasteiger charge is 2.44. The molecule has 0 aromatic rings. The van der Waals surface area contributed by atoms with E-state index in [0.717, 1.165) is 32.1 Å². The largest absolute Gasteiger partial charge is 0.198 e. The summed E-state index contributed by atoms with van der Waals surface area (Å²) in [6.45, 7) is 23.3. The number of hydrogen-bond donors (Lipinski definition) is 0. The molecule has 0 rings (SSSR count). The molecule has 0 N–H and O–H groups in total.